The van der Waals surface area contributed by atoms with Crippen molar-refractivity contribution in [3.05, 3.63) is 84.4 Å². The molecule has 0 unspecified atom stereocenters. The Hall–Kier alpha value is -4.07. The standard InChI is InChI=1S/C27H24F2N6/c1-2-30-27-31-14-12-22(32-27)26-25(17-6-8-18(28)9-7-17)33-24-11-10-19(35(24)26)16-34-15-13-20-21(29)4-3-5-23(20)34/h3-9,12-15,19H,2,10-11,16H2,1H3,(H,30,31,32)/t19-/m0/s1. The number of aromatic nitrogens is 5. The predicted molar refractivity (Wildman–Crippen MR) is 132 cm³/mol. The van der Waals surface area contributed by atoms with Gasteiger partial charge in [-0.1, -0.05) is 6.07 Å². The van der Waals surface area contributed by atoms with Gasteiger partial charge in [0.05, 0.1) is 28.6 Å². The first-order valence-electron chi connectivity index (χ1n) is 11.8. The first-order chi connectivity index (χ1) is 17.1. The zero-order valence-electron chi connectivity index (χ0n) is 19.2. The molecule has 1 N–H and O–H groups in total. The third-order valence-corrected chi connectivity index (χ3v) is 6.57. The van der Waals surface area contributed by atoms with E-state index in [9.17, 15) is 8.78 Å². The lowest BCUT2D eigenvalue weighted by molar-refractivity contribution is 0.459. The van der Waals surface area contributed by atoms with Gasteiger partial charge in [0.1, 0.15) is 17.5 Å². The Balaban J connectivity index is 1.48. The van der Waals surface area contributed by atoms with Gasteiger partial charge in [0.25, 0.3) is 0 Å². The van der Waals surface area contributed by atoms with E-state index in [2.05, 4.69) is 19.4 Å². The SMILES string of the molecule is CCNc1nccc(-c2c(-c3ccc(F)cc3)nc3n2[C@H](Cn2ccc4c(F)cccc42)CC3)n1. The number of hydrogen-bond acceptors (Lipinski definition) is 4. The Kier molecular flexibility index (Phi) is 5.28. The quantitative estimate of drug-likeness (QED) is 0.338. The number of nitrogens with one attached hydrogen (secondary N) is 1. The summed E-state index contributed by atoms with van der Waals surface area (Å²) in [5.74, 6) is 1.01. The van der Waals surface area contributed by atoms with Crippen LogP contribution in [-0.2, 0) is 13.0 Å². The summed E-state index contributed by atoms with van der Waals surface area (Å²) in [5.41, 5.74) is 4.12. The molecule has 0 saturated carbocycles. The predicted octanol–water partition coefficient (Wildman–Crippen LogP) is 5.86. The lowest BCUT2D eigenvalue weighted by Crippen LogP contribution is -2.14. The van der Waals surface area contributed by atoms with Gasteiger partial charge in [-0.05, 0) is 61.9 Å². The molecule has 0 fully saturated rings. The molecule has 5 aromatic rings. The lowest BCUT2D eigenvalue weighted by Gasteiger charge is -2.19. The number of fused-ring (bicyclic) bond motifs is 2. The van der Waals surface area contributed by atoms with Crippen LogP contribution < -0.4 is 5.32 Å². The summed E-state index contributed by atoms with van der Waals surface area (Å²) in [6.07, 6.45) is 5.41. The minimum Gasteiger partial charge on any atom is -0.354 e. The molecule has 0 saturated heterocycles. The van der Waals surface area contributed by atoms with Crippen molar-refractivity contribution < 1.29 is 8.78 Å². The minimum absolute atomic E-state index is 0.109. The summed E-state index contributed by atoms with van der Waals surface area (Å²) in [5, 5.41) is 3.80. The summed E-state index contributed by atoms with van der Waals surface area (Å²) >= 11 is 0. The van der Waals surface area contributed by atoms with Gasteiger partial charge in [0, 0.05) is 42.9 Å². The number of rotatable bonds is 6. The molecule has 0 radical (unpaired) electrons. The normalized spacial score (nSPS) is 15.0. The lowest BCUT2D eigenvalue weighted by atomic mass is 10.1. The van der Waals surface area contributed by atoms with Crippen LogP contribution in [-0.4, -0.2) is 30.6 Å². The van der Waals surface area contributed by atoms with Crippen molar-refractivity contribution in [2.45, 2.75) is 32.4 Å². The molecule has 6 nitrogen and oxygen atoms in total. The van der Waals surface area contributed by atoms with Gasteiger partial charge in [0.15, 0.2) is 0 Å². The Morgan fingerprint density at radius 3 is 2.71 bits per heavy atom. The van der Waals surface area contributed by atoms with Gasteiger partial charge in [0.2, 0.25) is 5.95 Å². The second-order valence-electron chi connectivity index (χ2n) is 8.73. The van der Waals surface area contributed by atoms with Crippen LogP contribution in [0, 0.1) is 11.6 Å². The summed E-state index contributed by atoms with van der Waals surface area (Å²) in [4.78, 5) is 14.1. The Morgan fingerprint density at radius 1 is 1.03 bits per heavy atom. The van der Waals surface area contributed by atoms with Crippen LogP contribution in [0.3, 0.4) is 0 Å². The van der Waals surface area contributed by atoms with E-state index in [0.29, 0.717) is 24.4 Å². The second kappa shape index (κ2) is 8.61. The third kappa shape index (κ3) is 3.75. The molecule has 0 bridgehead atoms. The number of halogens is 2. The van der Waals surface area contributed by atoms with Crippen molar-refractivity contribution in [1.29, 1.82) is 0 Å². The second-order valence-corrected chi connectivity index (χ2v) is 8.73. The maximum atomic E-state index is 14.3. The van der Waals surface area contributed by atoms with Gasteiger partial charge >= 0.3 is 0 Å². The van der Waals surface area contributed by atoms with E-state index in [4.69, 9.17) is 9.97 Å². The van der Waals surface area contributed by atoms with Crippen molar-refractivity contribution in [3.63, 3.8) is 0 Å². The maximum absolute atomic E-state index is 14.3. The number of nitrogens with zero attached hydrogens (tertiary/aromatic N) is 5. The van der Waals surface area contributed by atoms with Gasteiger partial charge in [-0.15, -0.1) is 0 Å². The highest BCUT2D eigenvalue weighted by Crippen LogP contribution is 2.40. The van der Waals surface area contributed by atoms with Crippen LogP contribution in [0.4, 0.5) is 14.7 Å². The molecule has 176 valence electrons. The highest BCUT2D eigenvalue weighted by atomic mass is 19.1. The number of hydrogen-bond donors (Lipinski definition) is 1. The molecule has 35 heavy (non-hydrogen) atoms. The molecule has 0 aliphatic carbocycles. The van der Waals surface area contributed by atoms with Crippen molar-refractivity contribution in [2.75, 3.05) is 11.9 Å². The fourth-order valence-electron chi connectivity index (χ4n) is 5.01. The fourth-order valence-corrected chi connectivity index (χ4v) is 5.01. The molecule has 2 aromatic carbocycles. The van der Waals surface area contributed by atoms with Crippen molar-refractivity contribution >= 4 is 16.9 Å². The molecule has 4 heterocycles. The van der Waals surface area contributed by atoms with E-state index in [-0.39, 0.29) is 17.7 Å². The molecule has 0 spiro atoms. The zero-order valence-corrected chi connectivity index (χ0v) is 19.2. The first kappa shape index (κ1) is 21.5. The van der Waals surface area contributed by atoms with Gasteiger partial charge in [-0.2, -0.15) is 0 Å². The number of aryl methyl sites for hydroxylation is 1. The molecule has 1 aliphatic heterocycles. The number of benzene rings is 2. The van der Waals surface area contributed by atoms with Gasteiger partial charge < -0.3 is 14.5 Å². The molecule has 6 rings (SSSR count). The van der Waals surface area contributed by atoms with Gasteiger partial charge in [-0.25, -0.2) is 23.7 Å². The molecular weight excluding hydrogens is 446 g/mol. The van der Waals surface area contributed by atoms with Crippen LogP contribution in [0.15, 0.2) is 67.0 Å². The summed E-state index contributed by atoms with van der Waals surface area (Å²) in [6, 6.07) is 15.4. The zero-order chi connectivity index (χ0) is 23.9. The largest absolute Gasteiger partial charge is 0.354 e. The average molecular weight is 471 g/mol. The van der Waals surface area contributed by atoms with Crippen molar-refractivity contribution in [1.82, 2.24) is 24.1 Å². The van der Waals surface area contributed by atoms with E-state index in [1.165, 1.54) is 18.2 Å². The van der Waals surface area contributed by atoms with E-state index in [1.807, 2.05) is 31.3 Å². The molecular formula is C27H24F2N6. The first-order valence-corrected chi connectivity index (χ1v) is 11.8. The minimum atomic E-state index is -0.289. The molecule has 1 aliphatic rings. The summed E-state index contributed by atoms with van der Waals surface area (Å²) in [6.45, 7) is 3.38. The van der Waals surface area contributed by atoms with E-state index in [0.717, 1.165) is 46.8 Å². The molecule has 8 heteroatoms. The monoisotopic (exact) mass is 470 g/mol. The Labute approximate surface area is 201 Å². The average Bonchev–Trinajstić information content (AvgIpc) is 3.56. The topological polar surface area (TPSA) is 60.6 Å². The maximum Gasteiger partial charge on any atom is 0.223 e. The van der Waals surface area contributed by atoms with Crippen LogP contribution in [0.1, 0.15) is 25.2 Å². The molecule has 1 atom stereocenters. The van der Waals surface area contributed by atoms with Crippen LogP contribution in [0.25, 0.3) is 33.5 Å². The summed E-state index contributed by atoms with van der Waals surface area (Å²) in [7, 11) is 0. The van der Waals surface area contributed by atoms with Crippen molar-refractivity contribution in [3.8, 4) is 22.6 Å². The number of imidazole rings is 1. The van der Waals surface area contributed by atoms with E-state index < -0.39 is 0 Å². The van der Waals surface area contributed by atoms with Crippen LogP contribution >= 0.6 is 0 Å². The number of anilines is 1. The Bertz CT molecular complexity index is 1520. The molecule has 0 amide bonds. The Morgan fingerprint density at radius 2 is 1.89 bits per heavy atom. The molecule has 3 aromatic heterocycles. The summed E-state index contributed by atoms with van der Waals surface area (Å²) < 4.78 is 32.3. The fraction of sp³-hybridized carbons (Fsp3) is 0.222. The third-order valence-electron chi connectivity index (χ3n) is 6.57. The smallest absolute Gasteiger partial charge is 0.223 e. The highest BCUT2D eigenvalue weighted by Gasteiger charge is 2.31. The van der Waals surface area contributed by atoms with Crippen molar-refractivity contribution in [2.24, 2.45) is 0 Å². The van der Waals surface area contributed by atoms with E-state index >= 15 is 0 Å². The van der Waals surface area contributed by atoms with Crippen LogP contribution in [0.2, 0.25) is 0 Å². The van der Waals surface area contributed by atoms with Crippen LogP contribution in [0.5, 0.6) is 0 Å². The highest BCUT2D eigenvalue weighted by molar-refractivity contribution is 5.81. The van der Waals surface area contributed by atoms with E-state index in [1.54, 1.807) is 24.4 Å². The van der Waals surface area contributed by atoms with Gasteiger partial charge in [-0.3, -0.25) is 0 Å².